The predicted molar refractivity (Wildman–Crippen MR) is 138 cm³/mol. The molecule has 0 N–H and O–H groups in total. The van der Waals surface area contributed by atoms with Crippen LogP contribution in [0.3, 0.4) is 0 Å². The summed E-state index contributed by atoms with van der Waals surface area (Å²) in [5.41, 5.74) is 0.670. The molecular weight excluding hydrogens is 575 g/mol. The molecule has 0 aliphatic rings. The van der Waals surface area contributed by atoms with Crippen LogP contribution in [-0.4, -0.2) is 12.5 Å². The van der Waals surface area contributed by atoms with Gasteiger partial charge in [0.1, 0.15) is 11.6 Å². The van der Waals surface area contributed by atoms with E-state index >= 15 is 0 Å². The lowest BCUT2D eigenvalue weighted by Crippen LogP contribution is -2.25. The zero-order valence-corrected chi connectivity index (χ0v) is 22.0. The molecule has 0 radical (unpaired) electrons. The van der Waals surface area contributed by atoms with Crippen LogP contribution in [0.15, 0.2) is 72.8 Å². The quantitative estimate of drug-likeness (QED) is 0.169. The summed E-state index contributed by atoms with van der Waals surface area (Å²) in [4.78, 5) is 0. The minimum Gasteiger partial charge on any atom is -0.432 e. The van der Waals surface area contributed by atoms with E-state index in [4.69, 9.17) is 0 Å². The lowest BCUT2D eigenvalue weighted by molar-refractivity contribution is -0.275. The van der Waals surface area contributed by atoms with Crippen molar-refractivity contribution in [1.29, 1.82) is 0 Å². The molecule has 42 heavy (non-hydrogen) atoms. The van der Waals surface area contributed by atoms with Crippen LogP contribution in [-0.2, 0) is 12.8 Å². The first-order valence-corrected chi connectivity index (χ1v) is 12.7. The highest BCUT2D eigenvalue weighted by Crippen LogP contribution is 2.34. The molecule has 0 heterocycles. The fourth-order valence-corrected chi connectivity index (χ4v) is 4.32. The fourth-order valence-electron chi connectivity index (χ4n) is 4.32. The molecule has 2 nitrogen and oxygen atoms in total. The van der Waals surface area contributed by atoms with Crippen molar-refractivity contribution in [3.63, 3.8) is 0 Å². The van der Waals surface area contributed by atoms with Gasteiger partial charge in [0.15, 0.2) is 23.2 Å². The highest BCUT2D eigenvalue weighted by molar-refractivity contribution is 5.66. The van der Waals surface area contributed by atoms with Crippen molar-refractivity contribution in [2.45, 2.75) is 45.1 Å². The average molecular weight is 599 g/mol. The Morgan fingerprint density at radius 1 is 0.619 bits per heavy atom. The van der Waals surface area contributed by atoms with Gasteiger partial charge < -0.3 is 9.47 Å². The number of rotatable bonds is 10. The summed E-state index contributed by atoms with van der Waals surface area (Å²) < 4.78 is 132. The summed E-state index contributed by atoms with van der Waals surface area (Å²) in [6.07, 6.45) is -8.95. The van der Waals surface area contributed by atoms with Crippen LogP contribution in [0.2, 0.25) is 0 Å². The molecule has 0 aliphatic carbocycles. The minimum atomic E-state index is -5.14. The monoisotopic (exact) mass is 598 g/mol. The lowest BCUT2D eigenvalue weighted by atomic mass is 9.98. The number of hydrogen-bond donors (Lipinski definition) is 0. The van der Waals surface area contributed by atoms with Gasteiger partial charge in [-0.2, -0.15) is 8.78 Å². The van der Waals surface area contributed by atoms with E-state index in [1.165, 1.54) is 12.1 Å². The molecule has 222 valence electrons. The third-order valence-electron chi connectivity index (χ3n) is 6.33. The number of halogens is 9. The Morgan fingerprint density at radius 3 is 1.90 bits per heavy atom. The van der Waals surface area contributed by atoms with E-state index in [0.717, 1.165) is 36.6 Å². The lowest BCUT2D eigenvalue weighted by Gasteiger charge is -2.19. The smallest absolute Gasteiger partial charge is 0.432 e. The molecule has 0 fully saturated rings. The highest BCUT2D eigenvalue weighted by atomic mass is 19.4. The second-order valence-electron chi connectivity index (χ2n) is 9.42. The molecule has 0 spiro atoms. The Kier molecular flexibility index (Phi) is 9.08. The van der Waals surface area contributed by atoms with Gasteiger partial charge in [-0.15, -0.1) is 13.2 Å². The molecule has 0 atom stereocenters. The first-order chi connectivity index (χ1) is 19.8. The van der Waals surface area contributed by atoms with Gasteiger partial charge in [-0.25, -0.2) is 17.6 Å². The highest BCUT2D eigenvalue weighted by Gasteiger charge is 2.33. The Hall–Kier alpha value is -4.15. The second-order valence-corrected chi connectivity index (χ2v) is 9.42. The average Bonchev–Trinajstić information content (AvgIpc) is 2.91. The van der Waals surface area contributed by atoms with E-state index in [1.54, 1.807) is 24.3 Å². The van der Waals surface area contributed by atoms with Gasteiger partial charge in [0, 0.05) is 17.2 Å². The Labute approximate surface area is 235 Å². The molecule has 0 aromatic heterocycles. The van der Waals surface area contributed by atoms with Gasteiger partial charge in [0.05, 0.1) is 6.42 Å². The molecule has 0 saturated heterocycles. The van der Waals surface area contributed by atoms with E-state index in [9.17, 15) is 39.5 Å². The maximum absolute atomic E-state index is 14.8. The van der Waals surface area contributed by atoms with Crippen LogP contribution in [0.1, 0.15) is 30.9 Å². The van der Waals surface area contributed by atoms with Crippen molar-refractivity contribution < 1.29 is 49.0 Å². The molecule has 0 amide bonds. The fraction of sp³-hybridized carbons (Fsp3) is 0.226. The molecule has 0 bridgehead atoms. The van der Waals surface area contributed by atoms with Crippen molar-refractivity contribution in [1.82, 2.24) is 0 Å². The predicted octanol–water partition coefficient (Wildman–Crippen LogP) is 10.0. The van der Waals surface area contributed by atoms with Gasteiger partial charge in [-0.05, 0) is 59.4 Å². The number of aryl methyl sites for hydroxylation is 2. The van der Waals surface area contributed by atoms with Crippen LogP contribution in [0.4, 0.5) is 39.5 Å². The third kappa shape index (κ3) is 7.57. The third-order valence-corrected chi connectivity index (χ3v) is 6.33. The Balaban J connectivity index is 1.43. The van der Waals surface area contributed by atoms with E-state index in [1.807, 2.05) is 6.92 Å². The zero-order valence-electron chi connectivity index (χ0n) is 22.0. The molecule has 4 rings (SSSR count). The normalized spacial score (nSPS) is 12.0. The van der Waals surface area contributed by atoms with Gasteiger partial charge >= 0.3 is 12.5 Å². The van der Waals surface area contributed by atoms with E-state index in [2.05, 4.69) is 9.47 Å². The maximum Gasteiger partial charge on any atom is 0.573 e. The van der Waals surface area contributed by atoms with Crippen LogP contribution >= 0.6 is 0 Å². The molecule has 0 unspecified atom stereocenters. The number of hydrogen-bond acceptors (Lipinski definition) is 2. The van der Waals surface area contributed by atoms with Crippen LogP contribution in [0, 0.1) is 23.3 Å². The van der Waals surface area contributed by atoms with Crippen molar-refractivity contribution in [2.24, 2.45) is 0 Å². The molecule has 11 heteroatoms. The van der Waals surface area contributed by atoms with E-state index in [0.29, 0.717) is 23.8 Å². The summed E-state index contributed by atoms with van der Waals surface area (Å²) in [7, 11) is 0. The number of alkyl halides is 5. The molecule has 4 aromatic carbocycles. The van der Waals surface area contributed by atoms with Crippen molar-refractivity contribution in [2.75, 3.05) is 0 Å². The molecule has 0 saturated carbocycles. The zero-order chi connectivity index (χ0) is 30.7. The van der Waals surface area contributed by atoms with E-state index in [-0.39, 0.29) is 22.3 Å². The standard InChI is InChI=1S/C31H23F9O2/c1-2-3-18-4-6-19(7-5-18)24-11-8-20(28(34)29(24)35)14-15-30(36,37)41-22-10-12-23(25(32)17-22)21-9-13-27(26(33)16-21)42-31(38,39)40/h4-13,16-17H,2-3,14-15H2,1H3. The molecule has 4 aromatic rings. The summed E-state index contributed by atoms with van der Waals surface area (Å²) in [6, 6.07) is 14.1. The van der Waals surface area contributed by atoms with Gasteiger partial charge in [0.25, 0.3) is 0 Å². The Bertz CT molecular complexity index is 1550. The topological polar surface area (TPSA) is 18.5 Å². The van der Waals surface area contributed by atoms with Crippen LogP contribution in [0.5, 0.6) is 11.5 Å². The Morgan fingerprint density at radius 2 is 1.29 bits per heavy atom. The largest absolute Gasteiger partial charge is 0.573 e. The summed E-state index contributed by atoms with van der Waals surface area (Å²) in [5.74, 6) is -6.73. The van der Waals surface area contributed by atoms with Crippen molar-refractivity contribution in [3.05, 3.63) is 107 Å². The SMILES string of the molecule is CCCc1ccc(-c2ccc(CCC(F)(F)Oc3ccc(-c4ccc(OC(F)(F)F)c(F)c4)c(F)c3)c(F)c2F)cc1. The maximum atomic E-state index is 14.8. The van der Waals surface area contributed by atoms with Crippen molar-refractivity contribution >= 4 is 0 Å². The summed E-state index contributed by atoms with van der Waals surface area (Å²) in [6.45, 7) is 2.01. The summed E-state index contributed by atoms with van der Waals surface area (Å²) in [5, 5.41) is 0. The number of ether oxygens (including phenoxy) is 2. The minimum absolute atomic E-state index is 0.0136. The van der Waals surface area contributed by atoms with Gasteiger partial charge in [-0.1, -0.05) is 55.8 Å². The van der Waals surface area contributed by atoms with Crippen molar-refractivity contribution in [3.8, 4) is 33.8 Å². The first-order valence-electron chi connectivity index (χ1n) is 12.7. The number of benzene rings is 4. The van der Waals surface area contributed by atoms with Gasteiger partial charge in [-0.3, -0.25) is 0 Å². The first kappa shape index (κ1) is 30.8. The summed E-state index contributed by atoms with van der Waals surface area (Å²) >= 11 is 0. The second kappa shape index (κ2) is 12.4. The van der Waals surface area contributed by atoms with E-state index < -0.39 is 60.1 Å². The van der Waals surface area contributed by atoms with Gasteiger partial charge in [0.2, 0.25) is 0 Å². The molecule has 0 aliphatic heterocycles. The van der Waals surface area contributed by atoms with Crippen LogP contribution in [0.25, 0.3) is 22.3 Å². The van der Waals surface area contributed by atoms with Crippen LogP contribution < -0.4 is 9.47 Å². The molecular formula is C31H23F9O2.